The number of hydrogen-bond donors (Lipinski definition) is 1. The number of nitrogens with zero attached hydrogens (tertiary/aromatic N) is 1. The Hall–Kier alpha value is -1.79. The maximum atomic E-state index is 10.8. The highest BCUT2D eigenvalue weighted by molar-refractivity contribution is 6.43. The topological polar surface area (TPSA) is 89.7 Å². The number of allylic oxidation sites excluding steroid dienone is 1. The number of hydrogen-bond acceptors (Lipinski definition) is 4. The number of rotatable bonds is 7. The van der Waals surface area contributed by atoms with E-state index in [2.05, 4.69) is 0 Å². The number of carboxylic acid groups (broad SMARTS) is 1. The van der Waals surface area contributed by atoms with Crippen molar-refractivity contribution in [2.45, 2.75) is 19.8 Å². The Morgan fingerprint density at radius 1 is 1.43 bits per heavy atom. The first-order chi connectivity index (χ1) is 9.86. The van der Waals surface area contributed by atoms with Crippen molar-refractivity contribution >= 4 is 35.2 Å². The van der Waals surface area contributed by atoms with Crippen molar-refractivity contribution in [1.82, 2.24) is 0 Å². The number of benzene rings is 1. The zero-order valence-corrected chi connectivity index (χ0v) is 12.6. The second-order valence-electron chi connectivity index (χ2n) is 4.02. The Morgan fingerprint density at radius 3 is 2.62 bits per heavy atom. The van der Waals surface area contributed by atoms with Gasteiger partial charge in [0.05, 0.1) is 23.0 Å². The molecular formula is C13H13Cl2NO5. The Morgan fingerprint density at radius 2 is 2.10 bits per heavy atom. The monoisotopic (exact) mass is 333 g/mol. The average Bonchev–Trinajstić information content (AvgIpc) is 2.42. The zero-order chi connectivity index (χ0) is 16.0. The van der Waals surface area contributed by atoms with Gasteiger partial charge >= 0.3 is 5.97 Å². The maximum absolute atomic E-state index is 10.8. The second-order valence-corrected chi connectivity index (χ2v) is 4.78. The number of halogens is 2. The number of aliphatic carboxylic acids is 1. The van der Waals surface area contributed by atoms with Gasteiger partial charge < -0.3 is 9.84 Å². The third-order valence-corrected chi connectivity index (χ3v) is 3.45. The summed E-state index contributed by atoms with van der Waals surface area (Å²) in [4.78, 5) is 20.7. The fraction of sp³-hybridized carbons (Fsp3) is 0.308. The minimum atomic E-state index is -0.990. The highest BCUT2D eigenvalue weighted by atomic mass is 35.5. The summed E-state index contributed by atoms with van der Waals surface area (Å²) < 4.78 is 5.21. The van der Waals surface area contributed by atoms with Crippen molar-refractivity contribution in [3.8, 4) is 5.75 Å². The molecule has 0 saturated carbocycles. The van der Waals surface area contributed by atoms with Crippen LogP contribution < -0.4 is 4.74 Å². The summed E-state index contributed by atoms with van der Waals surface area (Å²) in [6.07, 6.45) is 1.42. The van der Waals surface area contributed by atoms with Gasteiger partial charge in [-0.25, -0.2) is 0 Å². The predicted octanol–water partition coefficient (Wildman–Crippen LogP) is 3.87. The molecule has 0 heterocycles. The first-order valence-corrected chi connectivity index (χ1v) is 6.80. The molecule has 6 nitrogen and oxygen atoms in total. The number of nitro groups is 1. The van der Waals surface area contributed by atoms with E-state index < -0.39 is 10.9 Å². The summed E-state index contributed by atoms with van der Waals surface area (Å²) >= 11 is 12.1. The molecular weight excluding hydrogens is 321 g/mol. The Bertz CT molecular complexity index is 586. The van der Waals surface area contributed by atoms with Crippen LogP contribution in [0.4, 0.5) is 0 Å². The van der Waals surface area contributed by atoms with Crippen LogP contribution in [-0.2, 0) is 4.79 Å². The van der Waals surface area contributed by atoms with E-state index >= 15 is 0 Å². The van der Waals surface area contributed by atoms with Crippen LogP contribution in [-0.4, -0.2) is 22.6 Å². The van der Waals surface area contributed by atoms with E-state index in [9.17, 15) is 14.9 Å². The maximum Gasteiger partial charge on any atom is 0.306 e. The molecule has 0 aromatic heterocycles. The Kier molecular flexibility index (Phi) is 6.45. The molecule has 0 aliphatic carbocycles. The minimum absolute atomic E-state index is 0.00696. The van der Waals surface area contributed by atoms with Crippen molar-refractivity contribution in [3.05, 3.63) is 43.6 Å². The van der Waals surface area contributed by atoms with Crippen LogP contribution in [0.2, 0.25) is 10.0 Å². The summed E-state index contributed by atoms with van der Waals surface area (Å²) in [5.41, 5.74) is 0.410. The van der Waals surface area contributed by atoms with Crippen molar-refractivity contribution in [3.63, 3.8) is 0 Å². The van der Waals surface area contributed by atoms with Gasteiger partial charge in [-0.15, -0.1) is 0 Å². The van der Waals surface area contributed by atoms with Crippen LogP contribution in [0.5, 0.6) is 5.75 Å². The highest BCUT2D eigenvalue weighted by Crippen LogP contribution is 2.36. The molecule has 0 fully saturated rings. The van der Waals surface area contributed by atoms with Gasteiger partial charge in [0.1, 0.15) is 10.8 Å². The van der Waals surface area contributed by atoms with Crippen LogP contribution in [0.3, 0.4) is 0 Å². The first-order valence-electron chi connectivity index (χ1n) is 6.04. The van der Waals surface area contributed by atoms with Gasteiger partial charge in [0.15, 0.2) is 0 Å². The van der Waals surface area contributed by atoms with E-state index in [1.54, 1.807) is 6.92 Å². The van der Waals surface area contributed by atoms with Crippen molar-refractivity contribution in [2.75, 3.05) is 6.61 Å². The Labute approximate surface area is 131 Å². The fourth-order valence-corrected chi connectivity index (χ4v) is 1.92. The van der Waals surface area contributed by atoms with Gasteiger partial charge in [0.25, 0.3) is 0 Å². The molecule has 8 heteroatoms. The second kappa shape index (κ2) is 7.85. The molecule has 0 amide bonds. The van der Waals surface area contributed by atoms with Gasteiger partial charge in [-0.3, -0.25) is 14.9 Å². The molecule has 1 aromatic carbocycles. The van der Waals surface area contributed by atoms with Crippen LogP contribution in [0.15, 0.2) is 17.8 Å². The summed E-state index contributed by atoms with van der Waals surface area (Å²) in [7, 11) is 0. The standard InChI is InChI=1S/C13H13Cl2NO5/c1-2-9(16(19)20)7-8-3-4-10(13(15)12(8)14)21-6-5-11(17)18/h3-4,7H,2,5-6H2,1H3,(H,17,18). The van der Waals surface area contributed by atoms with Gasteiger partial charge in [-0.05, 0) is 12.1 Å². The minimum Gasteiger partial charge on any atom is -0.491 e. The van der Waals surface area contributed by atoms with Crippen LogP contribution >= 0.6 is 23.2 Å². The summed E-state index contributed by atoms with van der Waals surface area (Å²) in [6, 6.07) is 3.03. The SMILES string of the molecule is CCC(=Cc1ccc(OCCC(=O)O)c(Cl)c1Cl)[N+](=O)[O-]. The lowest BCUT2D eigenvalue weighted by Crippen LogP contribution is -2.05. The quantitative estimate of drug-likeness (QED) is 0.604. The molecule has 1 rings (SSSR count). The van der Waals surface area contributed by atoms with E-state index in [4.69, 9.17) is 33.0 Å². The van der Waals surface area contributed by atoms with E-state index in [1.807, 2.05) is 0 Å². The normalized spacial score (nSPS) is 11.3. The average molecular weight is 334 g/mol. The molecule has 1 aromatic rings. The third kappa shape index (κ3) is 4.91. The molecule has 0 unspecified atom stereocenters. The van der Waals surface area contributed by atoms with Gasteiger partial charge in [0, 0.05) is 18.1 Å². The lowest BCUT2D eigenvalue weighted by molar-refractivity contribution is -0.425. The lowest BCUT2D eigenvalue weighted by atomic mass is 10.1. The van der Waals surface area contributed by atoms with E-state index in [-0.39, 0.29) is 40.9 Å². The summed E-state index contributed by atoms with van der Waals surface area (Å²) in [5.74, 6) is -0.755. The van der Waals surface area contributed by atoms with E-state index in [1.165, 1.54) is 18.2 Å². The molecule has 0 saturated heterocycles. The molecule has 114 valence electrons. The zero-order valence-electron chi connectivity index (χ0n) is 11.1. The van der Waals surface area contributed by atoms with Crippen molar-refractivity contribution in [2.24, 2.45) is 0 Å². The third-order valence-electron chi connectivity index (χ3n) is 2.57. The number of ether oxygens (including phenoxy) is 1. The first kappa shape index (κ1) is 17.3. The molecule has 0 spiro atoms. The van der Waals surface area contributed by atoms with Gasteiger partial charge in [-0.1, -0.05) is 30.1 Å². The summed E-state index contributed by atoms with van der Waals surface area (Å²) in [5, 5.41) is 19.5. The van der Waals surface area contributed by atoms with E-state index in [0.29, 0.717) is 5.56 Å². The molecule has 21 heavy (non-hydrogen) atoms. The smallest absolute Gasteiger partial charge is 0.306 e. The molecule has 0 radical (unpaired) electrons. The van der Waals surface area contributed by atoms with Crippen molar-refractivity contribution in [1.29, 1.82) is 0 Å². The summed E-state index contributed by atoms with van der Waals surface area (Å²) in [6.45, 7) is 1.61. The molecule has 0 aliphatic rings. The van der Waals surface area contributed by atoms with Gasteiger partial charge in [-0.2, -0.15) is 0 Å². The van der Waals surface area contributed by atoms with Crippen LogP contribution in [0.25, 0.3) is 6.08 Å². The predicted molar refractivity (Wildman–Crippen MR) is 79.5 cm³/mol. The number of carboxylic acids is 1. The van der Waals surface area contributed by atoms with Crippen LogP contribution in [0.1, 0.15) is 25.3 Å². The van der Waals surface area contributed by atoms with Gasteiger partial charge in [0.2, 0.25) is 5.70 Å². The number of carbonyl (C=O) groups is 1. The molecule has 0 aliphatic heterocycles. The van der Waals surface area contributed by atoms with Crippen LogP contribution in [0, 0.1) is 10.1 Å². The lowest BCUT2D eigenvalue weighted by Gasteiger charge is -2.09. The fourth-order valence-electron chi connectivity index (χ4n) is 1.48. The Balaban J connectivity index is 2.99. The molecule has 1 N–H and O–H groups in total. The highest BCUT2D eigenvalue weighted by Gasteiger charge is 2.14. The molecule has 0 bridgehead atoms. The van der Waals surface area contributed by atoms with Crippen molar-refractivity contribution < 1.29 is 19.6 Å². The molecule has 0 atom stereocenters. The van der Waals surface area contributed by atoms with E-state index in [0.717, 1.165) is 0 Å². The largest absolute Gasteiger partial charge is 0.491 e.